The first kappa shape index (κ1) is 25.8. The number of hydrogen-bond acceptors (Lipinski definition) is 0. The van der Waals surface area contributed by atoms with E-state index in [1.54, 1.807) is 0 Å². The van der Waals surface area contributed by atoms with E-state index in [-0.39, 0.29) is 12.4 Å². The van der Waals surface area contributed by atoms with Gasteiger partial charge >= 0.3 is 0 Å². The van der Waals surface area contributed by atoms with Gasteiger partial charge in [-0.1, -0.05) is 89.7 Å². The van der Waals surface area contributed by atoms with Crippen molar-refractivity contribution in [2.24, 2.45) is 0 Å². The Morgan fingerprint density at radius 2 is 1.04 bits per heavy atom. The van der Waals surface area contributed by atoms with Gasteiger partial charge in [-0.05, 0) is 19.3 Å². The van der Waals surface area contributed by atoms with Crippen LogP contribution in [0.4, 0.5) is 0 Å². The first-order valence-corrected chi connectivity index (χ1v) is 10.4. The van der Waals surface area contributed by atoms with Gasteiger partial charge in [-0.15, -0.1) is 0 Å². The molecule has 0 aliphatic heterocycles. The largest absolute Gasteiger partial charge is 1.00 e. The first-order valence-electron chi connectivity index (χ1n) is 10.0. The van der Waals surface area contributed by atoms with Crippen molar-refractivity contribution in [1.82, 2.24) is 0 Å². The Hall–Kier alpha value is 0.540. The highest BCUT2D eigenvalue weighted by Gasteiger charge is 2.24. The summed E-state index contributed by atoms with van der Waals surface area (Å²) in [6, 6.07) is 0. The monoisotopic (exact) mass is 367 g/mol. The number of unbranched alkanes of at least 4 members (excludes halogenated alkanes) is 11. The molecule has 0 aliphatic rings. The van der Waals surface area contributed by atoms with E-state index in [1.165, 1.54) is 96.4 Å². The Balaban J connectivity index is 0. The van der Waals surface area contributed by atoms with Gasteiger partial charge in [0.1, 0.15) is 0 Å². The van der Waals surface area contributed by atoms with E-state index in [9.17, 15) is 0 Å². The van der Waals surface area contributed by atoms with Gasteiger partial charge in [-0.2, -0.15) is 0 Å². The van der Waals surface area contributed by atoms with Gasteiger partial charge in [0.15, 0.2) is 5.50 Å². The lowest BCUT2D eigenvalue weighted by Crippen LogP contribution is -3.00. The molecule has 0 bridgehead atoms. The smallest absolute Gasteiger partial charge is 0.164 e. The summed E-state index contributed by atoms with van der Waals surface area (Å²) < 4.78 is 0.991. The lowest BCUT2D eigenvalue weighted by atomic mass is 10.1. The fraction of sp³-hybridized carbons (Fsp3) is 1.00. The molecule has 3 heteroatoms. The van der Waals surface area contributed by atoms with Crippen LogP contribution in [0.25, 0.3) is 0 Å². The molecule has 23 heavy (non-hydrogen) atoms. The lowest BCUT2D eigenvalue weighted by molar-refractivity contribution is -0.902. The Labute approximate surface area is 158 Å². The van der Waals surface area contributed by atoms with Gasteiger partial charge in [0.05, 0.1) is 20.6 Å². The SMILES string of the molecule is CCCCCCCCCC[N+](C)(C)C(Cl)CCCCCCC.[Cl-]. The van der Waals surface area contributed by atoms with Crippen LogP contribution in [0.3, 0.4) is 0 Å². The van der Waals surface area contributed by atoms with Gasteiger partial charge < -0.3 is 16.9 Å². The van der Waals surface area contributed by atoms with Gasteiger partial charge in [-0.3, -0.25) is 0 Å². The van der Waals surface area contributed by atoms with Crippen molar-refractivity contribution in [3.05, 3.63) is 0 Å². The molecular formula is C20H43Cl2N. The summed E-state index contributed by atoms with van der Waals surface area (Å²) in [5.41, 5.74) is 0.297. The van der Waals surface area contributed by atoms with E-state index >= 15 is 0 Å². The third kappa shape index (κ3) is 15.8. The third-order valence-electron chi connectivity index (χ3n) is 4.89. The summed E-state index contributed by atoms with van der Waals surface area (Å²) in [7, 11) is 4.62. The maximum absolute atomic E-state index is 6.65. The van der Waals surface area contributed by atoms with E-state index in [2.05, 4.69) is 27.9 Å². The number of quaternary nitrogens is 1. The second kappa shape index (κ2) is 17.4. The molecule has 0 spiro atoms. The third-order valence-corrected chi connectivity index (χ3v) is 5.64. The van der Waals surface area contributed by atoms with Gasteiger partial charge in [0.25, 0.3) is 0 Å². The quantitative estimate of drug-likeness (QED) is 0.166. The predicted octanol–water partition coefficient (Wildman–Crippen LogP) is 4.13. The molecule has 0 rings (SSSR count). The van der Waals surface area contributed by atoms with Crippen molar-refractivity contribution >= 4 is 11.6 Å². The molecule has 1 unspecified atom stereocenters. The highest BCUT2D eigenvalue weighted by molar-refractivity contribution is 6.19. The minimum atomic E-state index is 0. The van der Waals surface area contributed by atoms with Crippen LogP contribution in [0.2, 0.25) is 0 Å². The highest BCUT2D eigenvalue weighted by atomic mass is 35.5. The topological polar surface area (TPSA) is 0 Å². The molecule has 0 N–H and O–H groups in total. The minimum Gasteiger partial charge on any atom is -1.00 e. The second-order valence-electron chi connectivity index (χ2n) is 7.61. The van der Waals surface area contributed by atoms with Crippen LogP contribution in [0.5, 0.6) is 0 Å². The molecule has 0 saturated heterocycles. The zero-order chi connectivity index (χ0) is 16.7. The summed E-state index contributed by atoms with van der Waals surface area (Å²) in [5, 5.41) is 0. The predicted molar refractivity (Wildman–Crippen MR) is 103 cm³/mol. The van der Waals surface area contributed by atoms with Crippen molar-refractivity contribution < 1.29 is 16.9 Å². The van der Waals surface area contributed by atoms with Crippen molar-refractivity contribution in [3.8, 4) is 0 Å². The molecule has 142 valence electrons. The highest BCUT2D eigenvalue weighted by Crippen LogP contribution is 2.20. The molecule has 0 amide bonds. The van der Waals surface area contributed by atoms with Crippen molar-refractivity contribution in [2.45, 2.75) is 109 Å². The van der Waals surface area contributed by atoms with Gasteiger partial charge in [0.2, 0.25) is 0 Å². The fourth-order valence-corrected chi connectivity index (χ4v) is 3.31. The molecule has 0 aromatic heterocycles. The Morgan fingerprint density at radius 3 is 1.52 bits per heavy atom. The van der Waals surface area contributed by atoms with Crippen LogP contribution in [0, 0.1) is 0 Å². The van der Waals surface area contributed by atoms with Crippen molar-refractivity contribution in [2.75, 3.05) is 20.6 Å². The molecule has 0 fully saturated rings. The van der Waals surface area contributed by atoms with Crippen LogP contribution in [0.1, 0.15) is 104 Å². The lowest BCUT2D eigenvalue weighted by Gasteiger charge is -2.34. The van der Waals surface area contributed by atoms with Crippen LogP contribution in [-0.4, -0.2) is 30.6 Å². The van der Waals surface area contributed by atoms with E-state index in [0.717, 1.165) is 4.48 Å². The van der Waals surface area contributed by atoms with E-state index in [1.807, 2.05) is 0 Å². The Bertz CT molecular complexity index is 232. The molecule has 0 aliphatic carbocycles. The average molecular weight is 368 g/mol. The maximum atomic E-state index is 6.65. The van der Waals surface area contributed by atoms with Crippen LogP contribution in [-0.2, 0) is 0 Å². The maximum Gasteiger partial charge on any atom is 0.164 e. The molecular weight excluding hydrogens is 325 g/mol. The standard InChI is InChI=1S/C20H43ClN.ClH/c1-5-7-9-11-12-13-15-17-19-22(3,4)20(21)18-16-14-10-8-6-2;/h20H,5-19H2,1-4H3;1H/q+1;/p-1. The van der Waals surface area contributed by atoms with Crippen molar-refractivity contribution in [1.29, 1.82) is 0 Å². The van der Waals surface area contributed by atoms with E-state index in [0.29, 0.717) is 5.50 Å². The number of rotatable bonds is 16. The van der Waals surface area contributed by atoms with Gasteiger partial charge in [-0.25, -0.2) is 0 Å². The number of alkyl halides is 1. The first-order chi connectivity index (χ1) is 10.5. The molecule has 0 aromatic carbocycles. The molecule has 0 saturated carbocycles. The molecule has 0 radical (unpaired) electrons. The Morgan fingerprint density at radius 1 is 0.652 bits per heavy atom. The minimum absolute atomic E-state index is 0. The van der Waals surface area contributed by atoms with Gasteiger partial charge in [0, 0.05) is 6.42 Å². The molecule has 1 nitrogen and oxygen atoms in total. The summed E-state index contributed by atoms with van der Waals surface area (Å²) in [6.07, 6.45) is 19.1. The zero-order valence-corrected chi connectivity index (χ0v) is 17.9. The zero-order valence-electron chi connectivity index (χ0n) is 16.4. The molecule has 0 aromatic rings. The number of nitrogens with zero attached hydrogens (tertiary/aromatic N) is 1. The number of hydrogen-bond donors (Lipinski definition) is 0. The average Bonchev–Trinajstić information content (AvgIpc) is 2.49. The van der Waals surface area contributed by atoms with E-state index < -0.39 is 0 Å². The summed E-state index contributed by atoms with van der Waals surface area (Å²) in [4.78, 5) is 0. The summed E-state index contributed by atoms with van der Waals surface area (Å²) >= 11 is 6.65. The van der Waals surface area contributed by atoms with Crippen LogP contribution >= 0.6 is 11.6 Å². The summed E-state index contributed by atoms with van der Waals surface area (Å²) in [6.45, 7) is 5.79. The fourth-order valence-electron chi connectivity index (χ4n) is 3.06. The summed E-state index contributed by atoms with van der Waals surface area (Å²) in [5.74, 6) is 0. The van der Waals surface area contributed by atoms with Crippen molar-refractivity contribution in [3.63, 3.8) is 0 Å². The number of halogens is 2. The molecule has 0 heterocycles. The Kier molecular flexibility index (Phi) is 19.5. The van der Waals surface area contributed by atoms with E-state index in [4.69, 9.17) is 11.6 Å². The molecule has 1 atom stereocenters. The van der Waals surface area contributed by atoms with Crippen LogP contribution in [0.15, 0.2) is 0 Å². The second-order valence-corrected chi connectivity index (χ2v) is 8.12. The normalized spacial score (nSPS) is 12.9. The van der Waals surface area contributed by atoms with Crippen LogP contribution < -0.4 is 12.4 Å².